The van der Waals surface area contributed by atoms with Crippen LogP contribution >= 0.6 is 11.3 Å². The summed E-state index contributed by atoms with van der Waals surface area (Å²) < 4.78 is 5.36. The first-order valence-corrected chi connectivity index (χ1v) is 7.12. The number of nitrogens with one attached hydrogen (secondary N) is 1. The van der Waals surface area contributed by atoms with Gasteiger partial charge in [-0.25, -0.2) is 5.43 Å². The van der Waals surface area contributed by atoms with Gasteiger partial charge in [0.2, 0.25) is 0 Å². The third kappa shape index (κ3) is 4.38. The molecule has 0 radical (unpaired) electrons. The summed E-state index contributed by atoms with van der Waals surface area (Å²) in [6, 6.07) is 10.3. The van der Waals surface area contributed by atoms with E-state index in [1.165, 1.54) is 12.3 Å². The van der Waals surface area contributed by atoms with Crippen molar-refractivity contribution in [2.75, 3.05) is 6.61 Å². The molecule has 114 valence electrons. The maximum atomic E-state index is 11.6. The molecule has 0 unspecified atom stereocenters. The summed E-state index contributed by atoms with van der Waals surface area (Å²) in [6.45, 7) is 1.72. The lowest BCUT2D eigenvalue weighted by atomic mass is 10.2. The quantitative estimate of drug-likeness (QED) is 0.503. The summed E-state index contributed by atoms with van der Waals surface area (Å²) >= 11 is 0.974. The van der Waals surface area contributed by atoms with Crippen LogP contribution in [0.2, 0.25) is 0 Å². The number of hydrazone groups is 1. The molecule has 1 heterocycles. The van der Waals surface area contributed by atoms with Gasteiger partial charge in [-0.15, -0.1) is 0 Å². The number of thiophene rings is 1. The first kappa shape index (κ1) is 15.6. The van der Waals surface area contributed by atoms with Gasteiger partial charge >= 0.3 is 5.00 Å². The highest BCUT2D eigenvalue weighted by Crippen LogP contribution is 2.22. The van der Waals surface area contributed by atoms with E-state index in [4.69, 9.17) is 4.74 Å². The van der Waals surface area contributed by atoms with Gasteiger partial charge in [-0.05, 0) is 24.6 Å². The highest BCUT2D eigenvalue weighted by Gasteiger charge is 2.08. The van der Waals surface area contributed by atoms with Crippen molar-refractivity contribution in [2.45, 2.75) is 6.92 Å². The van der Waals surface area contributed by atoms with Crippen LogP contribution in [0.15, 0.2) is 41.5 Å². The molecule has 0 saturated heterocycles. The molecule has 1 aromatic carbocycles. The summed E-state index contributed by atoms with van der Waals surface area (Å²) in [4.78, 5) is 22.2. The molecular formula is C14H13N3O4S. The molecule has 0 atom stereocenters. The first-order chi connectivity index (χ1) is 10.6. The van der Waals surface area contributed by atoms with E-state index in [9.17, 15) is 14.9 Å². The van der Waals surface area contributed by atoms with Gasteiger partial charge in [0.05, 0.1) is 16.0 Å². The van der Waals surface area contributed by atoms with E-state index in [2.05, 4.69) is 10.5 Å². The van der Waals surface area contributed by atoms with Gasteiger partial charge < -0.3 is 4.74 Å². The number of benzene rings is 1. The van der Waals surface area contributed by atoms with Crippen molar-refractivity contribution in [1.82, 2.24) is 5.43 Å². The minimum absolute atomic E-state index is 0.0238. The third-order valence-electron chi connectivity index (χ3n) is 2.63. The third-order valence-corrected chi connectivity index (χ3v) is 3.60. The molecule has 0 saturated carbocycles. The van der Waals surface area contributed by atoms with Crippen molar-refractivity contribution in [3.05, 3.63) is 57.0 Å². The minimum atomic E-state index is -0.476. The van der Waals surface area contributed by atoms with E-state index in [1.54, 1.807) is 12.1 Å². The molecule has 0 aliphatic carbocycles. The molecular weight excluding hydrogens is 306 g/mol. The van der Waals surface area contributed by atoms with Crippen molar-refractivity contribution >= 4 is 28.5 Å². The molecule has 22 heavy (non-hydrogen) atoms. The molecule has 8 heteroatoms. The molecule has 7 nitrogen and oxygen atoms in total. The molecule has 0 aliphatic heterocycles. The number of nitro groups is 1. The second-order valence-corrected chi connectivity index (χ2v) is 5.37. The lowest BCUT2D eigenvalue weighted by Crippen LogP contribution is -2.24. The van der Waals surface area contributed by atoms with Crippen LogP contribution in [-0.2, 0) is 4.79 Å². The fraction of sp³-hybridized carbons (Fsp3) is 0.143. The zero-order chi connectivity index (χ0) is 15.9. The molecule has 1 aromatic heterocycles. The maximum Gasteiger partial charge on any atom is 0.324 e. The number of rotatable bonds is 6. The number of hydrogen-bond donors (Lipinski definition) is 1. The van der Waals surface area contributed by atoms with Crippen molar-refractivity contribution < 1.29 is 14.5 Å². The average Bonchev–Trinajstić information content (AvgIpc) is 2.95. The number of hydrogen-bond acceptors (Lipinski definition) is 6. The fourth-order valence-electron chi connectivity index (χ4n) is 1.57. The van der Waals surface area contributed by atoms with Crippen LogP contribution in [0, 0.1) is 17.0 Å². The Labute approximate surface area is 130 Å². The number of carbonyl (C=O) groups is 1. The monoisotopic (exact) mass is 319 g/mol. The summed E-state index contributed by atoms with van der Waals surface area (Å²) in [6.07, 6.45) is 1.35. The largest absolute Gasteiger partial charge is 0.483 e. The number of ether oxygens (including phenoxy) is 1. The molecule has 2 aromatic rings. The first-order valence-electron chi connectivity index (χ1n) is 6.31. The minimum Gasteiger partial charge on any atom is -0.483 e. The number of para-hydroxylation sites is 1. The van der Waals surface area contributed by atoms with E-state index in [0.717, 1.165) is 16.9 Å². The van der Waals surface area contributed by atoms with E-state index >= 15 is 0 Å². The van der Waals surface area contributed by atoms with Gasteiger partial charge in [0.15, 0.2) is 6.61 Å². The zero-order valence-corrected chi connectivity index (χ0v) is 12.5. The number of amides is 1. The highest BCUT2D eigenvalue weighted by atomic mass is 32.1. The van der Waals surface area contributed by atoms with Crippen LogP contribution in [0.4, 0.5) is 5.00 Å². The zero-order valence-electron chi connectivity index (χ0n) is 11.7. The van der Waals surface area contributed by atoms with Crippen LogP contribution in [-0.4, -0.2) is 23.7 Å². The molecule has 1 N–H and O–H groups in total. The van der Waals surface area contributed by atoms with E-state index in [0.29, 0.717) is 10.6 Å². The molecule has 2 rings (SSSR count). The Balaban J connectivity index is 1.81. The maximum absolute atomic E-state index is 11.6. The molecule has 0 spiro atoms. The van der Waals surface area contributed by atoms with Crippen LogP contribution in [0.1, 0.15) is 10.4 Å². The van der Waals surface area contributed by atoms with Gasteiger partial charge in [0.25, 0.3) is 5.91 Å². The highest BCUT2D eigenvalue weighted by molar-refractivity contribution is 7.16. The van der Waals surface area contributed by atoms with Gasteiger partial charge in [0.1, 0.15) is 5.75 Å². The van der Waals surface area contributed by atoms with Crippen LogP contribution in [0.3, 0.4) is 0 Å². The summed E-state index contributed by atoms with van der Waals surface area (Å²) in [5.74, 6) is 0.223. The second-order valence-electron chi connectivity index (χ2n) is 4.28. The Bertz CT molecular complexity index is 712. The topological polar surface area (TPSA) is 93.8 Å². The van der Waals surface area contributed by atoms with Crippen molar-refractivity contribution in [3.63, 3.8) is 0 Å². The van der Waals surface area contributed by atoms with E-state index in [-0.39, 0.29) is 11.6 Å². The van der Waals surface area contributed by atoms with Crippen molar-refractivity contribution in [2.24, 2.45) is 5.10 Å². The Hall–Kier alpha value is -2.74. The lowest BCUT2D eigenvalue weighted by molar-refractivity contribution is -0.380. The predicted molar refractivity (Wildman–Crippen MR) is 83.4 cm³/mol. The summed E-state index contributed by atoms with van der Waals surface area (Å²) in [5, 5.41) is 14.3. The Kier molecular flexibility index (Phi) is 5.21. The molecule has 0 fully saturated rings. The molecule has 1 amide bonds. The summed E-state index contributed by atoms with van der Waals surface area (Å²) in [5.41, 5.74) is 3.24. The Morgan fingerprint density at radius 1 is 1.41 bits per heavy atom. The Morgan fingerprint density at radius 3 is 2.86 bits per heavy atom. The van der Waals surface area contributed by atoms with E-state index in [1.807, 2.05) is 25.1 Å². The van der Waals surface area contributed by atoms with Gasteiger partial charge in [-0.2, -0.15) is 5.10 Å². The lowest BCUT2D eigenvalue weighted by Gasteiger charge is -2.07. The van der Waals surface area contributed by atoms with Gasteiger partial charge in [-0.3, -0.25) is 14.9 Å². The average molecular weight is 319 g/mol. The number of nitrogens with zero attached hydrogens (tertiary/aromatic N) is 2. The summed E-state index contributed by atoms with van der Waals surface area (Å²) in [7, 11) is 0. The van der Waals surface area contributed by atoms with Gasteiger partial charge in [-0.1, -0.05) is 29.5 Å². The smallest absolute Gasteiger partial charge is 0.324 e. The van der Waals surface area contributed by atoms with Crippen LogP contribution in [0.5, 0.6) is 5.75 Å². The van der Waals surface area contributed by atoms with Crippen molar-refractivity contribution in [1.29, 1.82) is 0 Å². The number of aryl methyl sites for hydroxylation is 1. The predicted octanol–water partition coefficient (Wildman–Crippen LogP) is 2.49. The van der Waals surface area contributed by atoms with Crippen molar-refractivity contribution in [3.8, 4) is 5.75 Å². The van der Waals surface area contributed by atoms with Gasteiger partial charge in [0, 0.05) is 6.07 Å². The van der Waals surface area contributed by atoms with Crippen LogP contribution in [0.25, 0.3) is 0 Å². The molecule has 0 bridgehead atoms. The Morgan fingerprint density at radius 2 is 2.18 bits per heavy atom. The van der Waals surface area contributed by atoms with E-state index < -0.39 is 10.8 Å². The normalized spacial score (nSPS) is 10.6. The SMILES string of the molecule is Cc1ccccc1OCC(=O)NN=Cc1ccc([N+](=O)[O-])s1. The molecule has 0 aliphatic rings. The fourth-order valence-corrected chi connectivity index (χ4v) is 2.27. The standard InChI is InChI=1S/C14H13N3O4S/c1-10-4-2-3-5-12(10)21-9-13(18)16-15-8-11-6-7-14(22-11)17(19)20/h2-8H,9H2,1H3,(H,16,18). The second kappa shape index (κ2) is 7.32. The van der Waals surface area contributed by atoms with Crippen LogP contribution < -0.4 is 10.2 Å². The number of carbonyl (C=O) groups excluding carboxylic acids is 1.